The van der Waals surface area contributed by atoms with E-state index in [-0.39, 0.29) is 18.1 Å². The van der Waals surface area contributed by atoms with Crippen LogP contribution in [-0.4, -0.2) is 10.9 Å². The van der Waals surface area contributed by atoms with Gasteiger partial charge in [0, 0.05) is 18.5 Å². The molecule has 1 amide bonds. The lowest BCUT2D eigenvalue weighted by Gasteiger charge is -2.03. The van der Waals surface area contributed by atoms with E-state index in [2.05, 4.69) is 10.3 Å². The minimum absolute atomic E-state index is 0.182. The summed E-state index contributed by atoms with van der Waals surface area (Å²) in [5.41, 5.74) is 1.18. The molecule has 0 atom stereocenters. The molecule has 17 heavy (non-hydrogen) atoms. The molecule has 5 heteroatoms. The van der Waals surface area contributed by atoms with Crippen LogP contribution in [0.2, 0.25) is 0 Å². The van der Waals surface area contributed by atoms with Crippen molar-refractivity contribution in [2.75, 3.05) is 5.32 Å². The first-order valence-corrected chi connectivity index (χ1v) is 5.16. The quantitative estimate of drug-likeness (QED) is 0.883. The number of carbonyl (C=O) groups is 1. The van der Waals surface area contributed by atoms with Crippen molar-refractivity contribution in [1.29, 1.82) is 0 Å². The first-order chi connectivity index (χ1) is 8.24. The first-order valence-electron chi connectivity index (χ1n) is 5.16. The number of carbonyl (C=O) groups excluding carboxylic acids is 1. The lowest BCUT2D eigenvalue weighted by molar-refractivity contribution is -0.116. The highest BCUT2D eigenvalue weighted by Crippen LogP contribution is 2.10. The van der Waals surface area contributed by atoms with Crippen molar-refractivity contribution in [2.45, 2.75) is 12.8 Å². The first kappa shape index (κ1) is 11.3. The lowest BCUT2D eigenvalue weighted by Crippen LogP contribution is -2.12. The molecule has 0 unspecified atom stereocenters. The highest BCUT2D eigenvalue weighted by Gasteiger charge is 2.05. The summed E-state index contributed by atoms with van der Waals surface area (Å²) in [6.45, 7) is 0. The average molecular weight is 234 g/mol. The SMILES string of the molecule is O=C(CCc1cocn1)Nc1cccc(F)c1. The molecule has 2 rings (SSSR count). The van der Waals surface area contributed by atoms with Crippen molar-refractivity contribution in [3.63, 3.8) is 0 Å². The van der Waals surface area contributed by atoms with E-state index in [0.29, 0.717) is 12.1 Å². The second kappa shape index (κ2) is 5.25. The smallest absolute Gasteiger partial charge is 0.224 e. The molecule has 2 aromatic rings. The van der Waals surface area contributed by atoms with Gasteiger partial charge in [-0.05, 0) is 18.2 Å². The molecule has 88 valence electrons. The molecule has 0 spiro atoms. The van der Waals surface area contributed by atoms with Gasteiger partial charge >= 0.3 is 0 Å². The summed E-state index contributed by atoms with van der Waals surface area (Å²) in [5, 5.41) is 2.61. The Morgan fingerprint density at radius 1 is 1.47 bits per heavy atom. The number of halogens is 1. The van der Waals surface area contributed by atoms with E-state index < -0.39 is 0 Å². The second-order valence-electron chi connectivity index (χ2n) is 3.54. The van der Waals surface area contributed by atoms with Gasteiger partial charge in [0.25, 0.3) is 0 Å². The molecule has 1 N–H and O–H groups in total. The number of nitrogens with one attached hydrogen (secondary N) is 1. The molecule has 0 bridgehead atoms. The van der Waals surface area contributed by atoms with Crippen LogP contribution in [0.5, 0.6) is 0 Å². The minimum atomic E-state index is -0.376. The van der Waals surface area contributed by atoms with Crippen LogP contribution in [0.25, 0.3) is 0 Å². The van der Waals surface area contributed by atoms with Crippen LogP contribution in [0.15, 0.2) is 41.3 Å². The third-order valence-corrected chi connectivity index (χ3v) is 2.20. The summed E-state index contributed by atoms with van der Waals surface area (Å²) in [7, 11) is 0. The second-order valence-corrected chi connectivity index (χ2v) is 3.54. The molecular formula is C12H11FN2O2. The summed E-state index contributed by atoms with van der Waals surface area (Å²) < 4.78 is 17.6. The maximum Gasteiger partial charge on any atom is 0.224 e. The highest BCUT2D eigenvalue weighted by molar-refractivity contribution is 5.90. The van der Waals surface area contributed by atoms with Crippen LogP contribution < -0.4 is 5.32 Å². The fraction of sp³-hybridized carbons (Fsp3) is 0.167. The number of aryl methyl sites for hydroxylation is 1. The van der Waals surface area contributed by atoms with Crippen molar-refractivity contribution >= 4 is 11.6 Å². The van der Waals surface area contributed by atoms with E-state index in [1.54, 1.807) is 12.1 Å². The fourth-order valence-corrected chi connectivity index (χ4v) is 1.39. The molecule has 0 saturated carbocycles. The highest BCUT2D eigenvalue weighted by atomic mass is 19.1. The Kier molecular flexibility index (Phi) is 3.49. The van der Waals surface area contributed by atoms with E-state index in [4.69, 9.17) is 4.42 Å². The van der Waals surface area contributed by atoms with Gasteiger partial charge in [0.05, 0.1) is 5.69 Å². The Labute approximate surface area is 97.5 Å². The summed E-state index contributed by atoms with van der Waals surface area (Å²) in [6, 6.07) is 5.78. The molecule has 0 radical (unpaired) electrons. The van der Waals surface area contributed by atoms with Crippen molar-refractivity contribution < 1.29 is 13.6 Å². The molecule has 1 aromatic carbocycles. The van der Waals surface area contributed by atoms with Gasteiger partial charge in [-0.15, -0.1) is 0 Å². The molecule has 1 aromatic heterocycles. The Bertz CT molecular complexity index is 497. The van der Waals surface area contributed by atoms with Gasteiger partial charge in [0.1, 0.15) is 12.1 Å². The predicted octanol–water partition coefficient (Wildman–Crippen LogP) is 2.39. The van der Waals surface area contributed by atoms with E-state index in [0.717, 1.165) is 5.69 Å². The van der Waals surface area contributed by atoms with Gasteiger partial charge in [-0.25, -0.2) is 9.37 Å². The van der Waals surface area contributed by atoms with Gasteiger partial charge in [-0.2, -0.15) is 0 Å². The summed E-state index contributed by atoms with van der Waals surface area (Å²) in [5.74, 6) is -0.557. The van der Waals surface area contributed by atoms with Crippen LogP contribution in [-0.2, 0) is 11.2 Å². The number of hydrogen-bond acceptors (Lipinski definition) is 3. The molecule has 0 aliphatic carbocycles. The zero-order valence-electron chi connectivity index (χ0n) is 9.02. The van der Waals surface area contributed by atoms with E-state index >= 15 is 0 Å². The van der Waals surface area contributed by atoms with E-state index in [1.165, 1.54) is 24.8 Å². The van der Waals surface area contributed by atoms with Crippen LogP contribution in [0.4, 0.5) is 10.1 Å². The van der Waals surface area contributed by atoms with Gasteiger partial charge in [0.15, 0.2) is 6.39 Å². The lowest BCUT2D eigenvalue weighted by atomic mass is 10.2. The Morgan fingerprint density at radius 2 is 2.35 bits per heavy atom. The van der Waals surface area contributed by atoms with Crippen LogP contribution in [0.3, 0.4) is 0 Å². The number of rotatable bonds is 4. The molecule has 0 aliphatic rings. The van der Waals surface area contributed by atoms with E-state index in [9.17, 15) is 9.18 Å². The zero-order chi connectivity index (χ0) is 12.1. The number of oxazole rings is 1. The minimum Gasteiger partial charge on any atom is -0.451 e. The Morgan fingerprint density at radius 3 is 3.06 bits per heavy atom. The monoisotopic (exact) mass is 234 g/mol. The molecule has 0 saturated heterocycles. The normalized spacial score (nSPS) is 10.2. The number of nitrogens with zero attached hydrogens (tertiary/aromatic N) is 1. The van der Waals surface area contributed by atoms with Gasteiger partial charge in [-0.3, -0.25) is 4.79 Å². The maximum absolute atomic E-state index is 12.9. The largest absolute Gasteiger partial charge is 0.451 e. The van der Waals surface area contributed by atoms with Crippen molar-refractivity contribution in [1.82, 2.24) is 4.98 Å². The van der Waals surface area contributed by atoms with Crippen molar-refractivity contribution in [3.05, 3.63) is 48.4 Å². The maximum atomic E-state index is 12.9. The molecule has 4 nitrogen and oxygen atoms in total. The molecular weight excluding hydrogens is 223 g/mol. The fourth-order valence-electron chi connectivity index (χ4n) is 1.39. The van der Waals surface area contributed by atoms with Crippen molar-refractivity contribution in [2.24, 2.45) is 0 Å². The topological polar surface area (TPSA) is 55.1 Å². The number of amides is 1. The van der Waals surface area contributed by atoms with Gasteiger partial charge < -0.3 is 9.73 Å². The average Bonchev–Trinajstić information content (AvgIpc) is 2.79. The zero-order valence-corrected chi connectivity index (χ0v) is 9.02. The standard InChI is InChI=1S/C12H11FN2O2/c13-9-2-1-3-10(6-9)15-12(16)5-4-11-7-17-8-14-11/h1-3,6-8H,4-5H2,(H,15,16). The number of anilines is 1. The van der Waals surface area contributed by atoms with Crippen LogP contribution >= 0.6 is 0 Å². The van der Waals surface area contributed by atoms with Gasteiger partial charge in [-0.1, -0.05) is 6.07 Å². The van der Waals surface area contributed by atoms with E-state index in [1.807, 2.05) is 0 Å². The number of aromatic nitrogens is 1. The van der Waals surface area contributed by atoms with Crippen LogP contribution in [0, 0.1) is 5.82 Å². The summed E-state index contributed by atoms with van der Waals surface area (Å²) in [6.07, 6.45) is 3.59. The summed E-state index contributed by atoms with van der Waals surface area (Å²) >= 11 is 0. The number of hydrogen-bond donors (Lipinski definition) is 1. The summed E-state index contributed by atoms with van der Waals surface area (Å²) in [4.78, 5) is 15.4. The third-order valence-electron chi connectivity index (χ3n) is 2.20. The Hall–Kier alpha value is -2.17. The van der Waals surface area contributed by atoms with Crippen molar-refractivity contribution in [3.8, 4) is 0 Å². The predicted molar refractivity (Wildman–Crippen MR) is 59.9 cm³/mol. The molecule has 0 aliphatic heterocycles. The molecule has 1 heterocycles. The van der Waals surface area contributed by atoms with Crippen LogP contribution in [0.1, 0.15) is 12.1 Å². The third kappa shape index (κ3) is 3.41. The molecule has 0 fully saturated rings. The number of benzene rings is 1. The Balaban J connectivity index is 1.85. The van der Waals surface area contributed by atoms with Gasteiger partial charge in [0.2, 0.25) is 5.91 Å².